The van der Waals surface area contributed by atoms with Crippen molar-refractivity contribution in [3.63, 3.8) is 0 Å². The van der Waals surface area contributed by atoms with Crippen molar-refractivity contribution in [1.29, 1.82) is 0 Å². The third-order valence-electron chi connectivity index (χ3n) is 4.17. The number of amides is 1. The third-order valence-corrected chi connectivity index (χ3v) is 4.17. The minimum Gasteiger partial charge on any atom is -0.494 e. The number of carbonyl (C=O) groups is 1. The first-order chi connectivity index (χ1) is 13.1. The number of hydrogen-bond donors (Lipinski definition) is 2. The van der Waals surface area contributed by atoms with E-state index < -0.39 is 5.91 Å². The number of carbonyl (C=O) groups excluding carboxylic acids is 1. The molecular weight excluding hydrogens is 346 g/mol. The first kappa shape index (κ1) is 18.3. The Bertz CT molecular complexity index is 977. The molecule has 0 fully saturated rings. The second kappa shape index (κ2) is 7.84. The zero-order valence-electron chi connectivity index (χ0n) is 15.2. The number of pyridine rings is 1. The Morgan fingerprint density at radius 2 is 1.96 bits per heavy atom. The predicted octanol–water partition coefficient (Wildman–Crippen LogP) is 3.87. The van der Waals surface area contributed by atoms with E-state index in [2.05, 4.69) is 9.97 Å². The fraction of sp³-hybridized carbons (Fsp3) is 0.150. The summed E-state index contributed by atoms with van der Waals surface area (Å²) in [5.74, 6) is 0.289. The van der Waals surface area contributed by atoms with Gasteiger partial charge in [-0.15, -0.1) is 0 Å². The summed E-state index contributed by atoms with van der Waals surface area (Å²) in [5.41, 5.74) is 5.26. The molecule has 27 heavy (non-hydrogen) atoms. The molecule has 0 unspecified atom stereocenters. The molecule has 2 aromatic heterocycles. The average Bonchev–Trinajstić information content (AvgIpc) is 3.23. The van der Waals surface area contributed by atoms with Gasteiger partial charge in [-0.2, -0.15) is 0 Å². The van der Waals surface area contributed by atoms with Gasteiger partial charge in [0.05, 0.1) is 24.6 Å². The smallest absolute Gasteiger partial charge is 0.278 e. The van der Waals surface area contributed by atoms with Gasteiger partial charge in [-0.25, -0.2) is 15.4 Å². The van der Waals surface area contributed by atoms with Crippen LogP contribution in [0.25, 0.3) is 28.7 Å². The van der Waals surface area contributed by atoms with Gasteiger partial charge in [0.1, 0.15) is 5.69 Å². The number of methoxy groups -OCH3 is 1. The highest BCUT2D eigenvalue weighted by Gasteiger charge is 2.23. The molecule has 3 rings (SSSR count). The summed E-state index contributed by atoms with van der Waals surface area (Å²) in [6.07, 6.45) is 6.64. The minimum absolute atomic E-state index is 0.234. The van der Waals surface area contributed by atoms with E-state index in [0.29, 0.717) is 28.5 Å². The Morgan fingerprint density at radius 3 is 2.52 bits per heavy atom. The van der Waals surface area contributed by atoms with Gasteiger partial charge >= 0.3 is 0 Å². The Hall–Kier alpha value is -3.45. The summed E-state index contributed by atoms with van der Waals surface area (Å²) >= 11 is 0. The highest BCUT2D eigenvalue weighted by atomic mass is 16.5. The van der Waals surface area contributed by atoms with Crippen LogP contribution in [0.4, 0.5) is 0 Å². The van der Waals surface area contributed by atoms with Crippen LogP contribution in [0, 0.1) is 6.92 Å². The van der Waals surface area contributed by atoms with Gasteiger partial charge in [0.2, 0.25) is 0 Å². The van der Waals surface area contributed by atoms with E-state index in [0.717, 1.165) is 11.1 Å². The van der Waals surface area contributed by atoms with E-state index in [1.165, 1.54) is 13.5 Å². The largest absolute Gasteiger partial charge is 0.494 e. The monoisotopic (exact) mass is 365 g/mol. The van der Waals surface area contributed by atoms with E-state index in [-0.39, 0.29) is 5.56 Å². The Morgan fingerprint density at radius 1 is 1.26 bits per heavy atom. The van der Waals surface area contributed by atoms with Crippen LogP contribution in [-0.2, 0) is 0 Å². The summed E-state index contributed by atoms with van der Waals surface area (Å²) in [5, 5.41) is 9.15. The number of aromatic nitrogens is 2. The summed E-state index contributed by atoms with van der Waals surface area (Å²) < 4.78 is 10.8. The number of rotatable bonds is 5. The van der Waals surface area contributed by atoms with Gasteiger partial charge in [-0.05, 0) is 25.5 Å². The van der Waals surface area contributed by atoms with Crippen LogP contribution in [0.1, 0.15) is 28.5 Å². The maximum atomic E-state index is 12.3. The number of nitrogens with zero attached hydrogens (tertiary/aromatic N) is 2. The van der Waals surface area contributed by atoms with E-state index in [1.807, 2.05) is 37.3 Å². The van der Waals surface area contributed by atoms with E-state index in [9.17, 15) is 4.79 Å². The molecule has 1 amide bonds. The molecule has 0 atom stereocenters. The van der Waals surface area contributed by atoms with Crippen molar-refractivity contribution in [3.8, 4) is 28.3 Å². The van der Waals surface area contributed by atoms with Crippen LogP contribution in [0.3, 0.4) is 0 Å². The maximum Gasteiger partial charge on any atom is 0.278 e. The fourth-order valence-electron chi connectivity index (χ4n) is 2.87. The molecule has 7 nitrogen and oxygen atoms in total. The van der Waals surface area contributed by atoms with Crippen molar-refractivity contribution in [1.82, 2.24) is 15.4 Å². The normalized spacial score (nSPS) is 11.0. The van der Waals surface area contributed by atoms with Crippen molar-refractivity contribution in [3.05, 3.63) is 59.8 Å². The van der Waals surface area contributed by atoms with Crippen LogP contribution >= 0.6 is 0 Å². The third kappa shape index (κ3) is 3.45. The number of hydroxylamine groups is 1. The number of benzene rings is 1. The molecule has 0 aliphatic carbocycles. The number of hydrogen-bond acceptors (Lipinski definition) is 6. The van der Waals surface area contributed by atoms with Crippen LogP contribution < -0.4 is 10.2 Å². The van der Waals surface area contributed by atoms with Crippen LogP contribution in [-0.4, -0.2) is 28.2 Å². The van der Waals surface area contributed by atoms with Crippen LogP contribution in [0.15, 0.2) is 47.3 Å². The quantitative estimate of drug-likeness (QED) is 0.526. The van der Waals surface area contributed by atoms with Crippen molar-refractivity contribution >= 4 is 12.0 Å². The first-order valence-electron chi connectivity index (χ1n) is 8.25. The van der Waals surface area contributed by atoms with Gasteiger partial charge in [0, 0.05) is 11.1 Å². The molecule has 0 aliphatic heterocycles. The summed E-state index contributed by atoms with van der Waals surface area (Å²) in [7, 11) is 1.46. The second-order valence-corrected chi connectivity index (χ2v) is 5.76. The highest BCUT2D eigenvalue weighted by molar-refractivity contribution is 6.00. The average molecular weight is 365 g/mol. The SMILES string of the molecule is C/C=C\c1nc(-c2ccc(-c3cnco3)cc2)c(OC)c(C(=O)NO)c1C. The van der Waals surface area contributed by atoms with Crippen molar-refractivity contribution in [2.45, 2.75) is 13.8 Å². The molecule has 0 saturated carbocycles. The zero-order chi connectivity index (χ0) is 19.4. The van der Waals surface area contributed by atoms with Gasteiger partial charge in [-0.3, -0.25) is 10.0 Å². The van der Waals surface area contributed by atoms with Gasteiger partial charge in [0.15, 0.2) is 17.9 Å². The molecule has 0 aliphatic rings. The Kier molecular flexibility index (Phi) is 5.33. The van der Waals surface area contributed by atoms with Gasteiger partial charge in [0.25, 0.3) is 5.91 Å². The number of allylic oxidation sites excluding steroid dienone is 1. The lowest BCUT2D eigenvalue weighted by Crippen LogP contribution is -2.22. The summed E-state index contributed by atoms with van der Waals surface area (Å²) in [6.45, 7) is 3.62. The topological polar surface area (TPSA) is 97.5 Å². The van der Waals surface area contributed by atoms with E-state index in [4.69, 9.17) is 14.4 Å². The number of oxazole rings is 1. The number of nitrogens with one attached hydrogen (secondary N) is 1. The molecule has 7 heteroatoms. The lowest BCUT2D eigenvalue weighted by atomic mass is 9.99. The molecule has 0 saturated heterocycles. The van der Waals surface area contributed by atoms with Crippen LogP contribution in [0.2, 0.25) is 0 Å². The van der Waals surface area contributed by atoms with Crippen LogP contribution in [0.5, 0.6) is 5.75 Å². The van der Waals surface area contributed by atoms with Crippen molar-refractivity contribution < 1.29 is 19.2 Å². The number of ether oxygens (including phenoxy) is 1. The first-order valence-corrected chi connectivity index (χ1v) is 8.25. The highest BCUT2D eigenvalue weighted by Crippen LogP contribution is 2.36. The Balaban J connectivity index is 2.19. The van der Waals surface area contributed by atoms with E-state index >= 15 is 0 Å². The molecule has 1 aromatic carbocycles. The molecule has 2 N–H and O–H groups in total. The second-order valence-electron chi connectivity index (χ2n) is 5.76. The van der Waals surface area contributed by atoms with E-state index in [1.54, 1.807) is 24.7 Å². The summed E-state index contributed by atoms with van der Waals surface area (Å²) in [6, 6.07) is 7.46. The molecular formula is C20H19N3O4. The Labute approximate surface area is 156 Å². The molecule has 3 aromatic rings. The molecule has 0 radical (unpaired) electrons. The lowest BCUT2D eigenvalue weighted by molar-refractivity contribution is 0.0702. The zero-order valence-corrected chi connectivity index (χ0v) is 15.2. The fourth-order valence-corrected chi connectivity index (χ4v) is 2.87. The van der Waals surface area contributed by atoms with Crippen molar-refractivity contribution in [2.75, 3.05) is 7.11 Å². The lowest BCUT2D eigenvalue weighted by Gasteiger charge is -2.16. The predicted molar refractivity (Wildman–Crippen MR) is 100 cm³/mol. The van der Waals surface area contributed by atoms with Gasteiger partial charge in [-0.1, -0.05) is 30.3 Å². The molecule has 0 bridgehead atoms. The maximum absolute atomic E-state index is 12.3. The molecule has 2 heterocycles. The van der Waals surface area contributed by atoms with Crippen molar-refractivity contribution in [2.24, 2.45) is 0 Å². The van der Waals surface area contributed by atoms with Gasteiger partial charge < -0.3 is 9.15 Å². The minimum atomic E-state index is -0.656. The molecule has 138 valence electrons. The molecule has 0 spiro atoms. The summed E-state index contributed by atoms with van der Waals surface area (Å²) in [4.78, 5) is 20.8. The standard InChI is InChI=1S/C20H19N3O4/c1-4-5-15-12(2)17(20(24)23-25)19(26-3)18(22-15)14-8-6-13(7-9-14)16-10-21-11-27-16/h4-11,25H,1-3H3,(H,23,24)/b5-4-.